The predicted octanol–water partition coefficient (Wildman–Crippen LogP) is 2.42. The summed E-state index contributed by atoms with van der Waals surface area (Å²) in [6, 6.07) is 9.43. The molecule has 1 saturated carbocycles. The standard InChI is InChI=1S/C14H18N2O2/c1-18-13(11-7-3-2-4-8-11)14(17)16-15-12-9-5-6-10-12/h2-4,7-8,13H,5-6,9-10H2,1H3,(H,16,17)/t13-/m1/s1. The summed E-state index contributed by atoms with van der Waals surface area (Å²) in [6.45, 7) is 0. The molecule has 1 amide bonds. The number of carbonyl (C=O) groups is 1. The lowest BCUT2D eigenvalue weighted by Crippen LogP contribution is -2.27. The SMILES string of the molecule is CO[C@@H](C(=O)NN=C1CCCC1)c1ccccc1. The molecule has 1 aliphatic carbocycles. The highest BCUT2D eigenvalue weighted by Gasteiger charge is 2.19. The molecule has 1 atom stereocenters. The third kappa shape index (κ3) is 3.17. The zero-order chi connectivity index (χ0) is 12.8. The molecular weight excluding hydrogens is 228 g/mol. The van der Waals surface area contributed by atoms with Crippen LogP contribution in [-0.4, -0.2) is 18.7 Å². The number of nitrogens with zero attached hydrogens (tertiary/aromatic N) is 1. The lowest BCUT2D eigenvalue weighted by Gasteiger charge is -2.13. The van der Waals surface area contributed by atoms with Gasteiger partial charge in [-0.1, -0.05) is 30.3 Å². The summed E-state index contributed by atoms with van der Waals surface area (Å²) in [4.78, 5) is 12.0. The second-order valence-corrected chi connectivity index (χ2v) is 4.39. The van der Waals surface area contributed by atoms with Crippen LogP contribution in [0.2, 0.25) is 0 Å². The third-order valence-corrected chi connectivity index (χ3v) is 3.08. The number of benzene rings is 1. The fourth-order valence-electron chi connectivity index (χ4n) is 2.11. The van der Waals surface area contributed by atoms with Gasteiger partial charge in [0.05, 0.1) is 0 Å². The minimum atomic E-state index is -0.600. The summed E-state index contributed by atoms with van der Waals surface area (Å²) >= 11 is 0. The number of hydrazone groups is 1. The number of rotatable bonds is 4. The summed E-state index contributed by atoms with van der Waals surface area (Å²) in [5.74, 6) is -0.219. The van der Waals surface area contributed by atoms with Crippen molar-refractivity contribution in [3.8, 4) is 0 Å². The monoisotopic (exact) mass is 246 g/mol. The van der Waals surface area contributed by atoms with Crippen molar-refractivity contribution in [2.75, 3.05) is 7.11 Å². The number of nitrogens with one attached hydrogen (secondary N) is 1. The minimum Gasteiger partial charge on any atom is -0.367 e. The molecule has 0 aliphatic heterocycles. The quantitative estimate of drug-likeness (QED) is 0.829. The van der Waals surface area contributed by atoms with Crippen LogP contribution in [-0.2, 0) is 9.53 Å². The fraction of sp³-hybridized carbons (Fsp3) is 0.429. The Balaban J connectivity index is 2.00. The van der Waals surface area contributed by atoms with Gasteiger partial charge in [-0.2, -0.15) is 5.10 Å². The topological polar surface area (TPSA) is 50.7 Å². The lowest BCUT2D eigenvalue weighted by molar-refractivity contribution is -0.131. The number of hydrogen-bond acceptors (Lipinski definition) is 3. The van der Waals surface area contributed by atoms with Gasteiger partial charge in [-0.15, -0.1) is 0 Å². The maximum Gasteiger partial charge on any atom is 0.273 e. The summed E-state index contributed by atoms with van der Waals surface area (Å²) in [6.07, 6.45) is 3.71. The highest BCUT2D eigenvalue weighted by atomic mass is 16.5. The normalized spacial score (nSPS) is 16.4. The van der Waals surface area contributed by atoms with Gasteiger partial charge in [-0.25, -0.2) is 5.43 Å². The highest BCUT2D eigenvalue weighted by Crippen LogP contribution is 2.17. The van der Waals surface area contributed by atoms with Gasteiger partial charge >= 0.3 is 0 Å². The molecule has 1 N–H and O–H groups in total. The molecular formula is C14H18N2O2. The Labute approximate surface area is 107 Å². The van der Waals surface area contributed by atoms with Crippen molar-refractivity contribution in [2.45, 2.75) is 31.8 Å². The largest absolute Gasteiger partial charge is 0.367 e. The van der Waals surface area contributed by atoms with Crippen LogP contribution in [0.3, 0.4) is 0 Å². The van der Waals surface area contributed by atoms with Crippen molar-refractivity contribution >= 4 is 11.6 Å². The second-order valence-electron chi connectivity index (χ2n) is 4.39. The van der Waals surface area contributed by atoms with E-state index in [4.69, 9.17) is 4.74 Å². The minimum absolute atomic E-state index is 0.219. The molecule has 1 aliphatic rings. The van der Waals surface area contributed by atoms with E-state index in [2.05, 4.69) is 10.5 Å². The van der Waals surface area contributed by atoms with E-state index in [0.717, 1.165) is 24.1 Å². The zero-order valence-corrected chi connectivity index (χ0v) is 10.6. The van der Waals surface area contributed by atoms with Crippen LogP contribution in [0.25, 0.3) is 0 Å². The first-order valence-corrected chi connectivity index (χ1v) is 6.24. The van der Waals surface area contributed by atoms with Crippen LogP contribution in [0, 0.1) is 0 Å². The smallest absolute Gasteiger partial charge is 0.273 e. The van der Waals surface area contributed by atoms with Crippen molar-refractivity contribution in [3.63, 3.8) is 0 Å². The van der Waals surface area contributed by atoms with Crippen LogP contribution in [0.4, 0.5) is 0 Å². The van der Waals surface area contributed by atoms with Gasteiger partial charge < -0.3 is 4.74 Å². The van der Waals surface area contributed by atoms with Crippen molar-refractivity contribution in [2.24, 2.45) is 5.10 Å². The zero-order valence-electron chi connectivity index (χ0n) is 10.6. The number of amides is 1. The molecule has 1 aromatic carbocycles. The molecule has 0 spiro atoms. The van der Waals surface area contributed by atoms with Crippen LogP contribution in [0.15, 0.2) is 35.4 Å². The maximum atomic E-state index is 12.0. The van der Waals surface area contributed by atoms with Gasteiger partial charge in [0.15, 0.2) is 6.10 Å². The molecule has 0 aromatic heterocycles. The summed E-state index contributed by atoms with van der Waals surface area (Å²) < 4.78 is 5.23. The number of carbonyl (C=O) groups excluding carboxylic acids is 1. The first kappa shape index (κ1) is 12.8. The molecule has 0 bridgehead atoms. The van der Waals surface area contributed by atoms with E-state index in [1.54, 1.807) is 0 Å². The van der Waals surface area contributed by atoms with E-state index in [1.165, 1.54) is 20.0 Å². The summed E-state index contributed by atoms with van der Waals surface area (Å²) in [5.41, 5.74) is 4.51. The third-order valence-electron chi connectivity index (χ3n) is 3.08. The second kappa shape index (κ2) is 6.31. The Kier molecular flexibility index (Phi) is 4.47. The van der Waals surface area contributed by atoms with Crippen molar-refractivity contribution < 1.29 is 9.53 Å². The van der Waals surface area contributed by atoms with Gasteiger partial charge in [0.1, 0.15) is 0 Å². The Bertz CT molecular complexity index is 421. The van der Waals surface area contributed by atoms with Crippen LogP contribution >= 0.6 is 0 Å². The molecule has 1 fully saturated rings. The first-order chi connectivity index (χ1) is 8.81. The Morgan fingerprint density at radius 3 is 2.56 bits per heavy atom. The number of methoxy groups -OCH3 is 1. The van der Waals surface area contributed by atoms with Crippen molar-refractivity contribution in [1.29, 1.82) is 0 Å². The Morgan fingerprint density at radius 1 is 1.28 bits per heavy atom. The molecule has 1 aromatic rings. The molecule has 96 valence electrons. The van der Waals surface area contributed by atoms with Gasteiger partial charge in [0.25, 0.3) is 5.91 Å². The van der Waals surface area contributed by atoms with Crippen LogP contribution in [0.5, 0.6) is 0 Å². The average molecular weight is 246 g/mol. The van der Waals surface area contributed by atoms with Gasteiger partial charge in [-0.3, -0.25) is 4.79 Å². The predicted molar refractivity (Wildman–Crippen MR) is 70.2 cm³/mol. The summed E-state index contributed by atoms with van der Waals surface area (Å²) in [5, 5.41) is 4.15. The molecule has 4 nitrogen and oxygen atoms in total. The van der Waals surface area contributed by atoms with E-state index in [9.17, 15) is 4.79 Å². The number of ether oxygens (including phenoxy) is 1. The van der Waals surface area contributed by atoms with Crippen molar-refractivity contribution in [1.82, 2.24) is 5.43 Å². The molecule has 0 saturated heterocycles. The van der Waals surface area contributed by atoms with E-state index in [-0.39, 0.29) is 5.91 Å². The van der Waals surface area contributed by atoms with Crippen molar-refractivity contribution in [3.05, 3.63) is 35.9 Å². The molecule has 0 radical (unpaired) electrons. The Hall–Kier alpha value is -1.68. The van der Waals surface area contributed by atoms with E-state index in [1.807, 2.05) is 30.3 Å². The average Bonchev–Trinajstić information content (AvgIpc) is 2.92. The number of hydrogen-bond donors (Lipinski definition) is 1. The lowest BCUT2D eigenvalue weighted by atomic mass is 10.1. The first-order valence-electron chi connectivity index (χ1n) is 6.24. The van der Waals surface area contributed by atoms with Gasteiger partial charge in [-0.05, 0) is 31.2 Å². The van der Waals surface area contributed by atoms with Crippen LogP contribution < -0.4 is 5.43 Å². The maximum absolute atomic E-state index is 12.0. The summed E-state index contributed by atoms with van der Waals surface area (Å²) in [7, 11) is 1.53. The Morgan fingerprint density at radius 2 is 1.94 bits per heavy atom. The molecule has 0 heterocycles. The molecule has 2 rings (SSSR count). The molecule has 0 unspecified atom stereocenters. The molecule has 18 heavy (non-hydrogen) atoms. The molecule has 4 heteroatoms. The fourth-order valence-corrected chi connectivity index (χ4v) is 2.11. The van der Waals surface area contributed by atoms with E-state index in [0.29, 0.717) is 0 Å². The van der Waals surface area contributed by atoms with E-state index >= 15 is 0 Å². The van der Waals surface area contributed by atoms with Gasteiger partial charge in [0, 0.05) is 12.8 Å². The van der Waals surface area contributed by atoms with E-state index < -0.39 is 6.10 Å². The van der Waals surface area contributed by atoms with Gasteiger partial charge in [0.2, 0.25) is 0 Å². The van der Waals surface area contributed by atoms with Crippen LogP contribution in [0.1, 0.15) is 37.4 Å². The highest BCUT2D eigenvalue weighted by molar-refractivity contribution is 5.88.